The summed E-state index contributed by atoms with van der Waals surface area (Å²) in [5.41, 5.74) is 4.23. The van der Waals surface area contributed by atoms with Crippen molar-refractivity contribution in [2.24, 2.45) is 0 Å². The van der Waals surface area contributed by atoms with E-state index in [0.717, 1.165) is 32.8 Å². The minimum absolute atomic E-state index is 0.624. The molecule has 0 radical (unpaired) electrons. The summed E-state index contributed by atoms with van der Waals surface area (Å²) in [6, 6.07) is 15.4. The van der Waals surface area contributed by atoms with Crippen LogP contribution < -0.4 is 5.32 Å². The number of hydrogen-bond donors (Lipinski definition) is 1. The van der Waals surface area contributed by atoms with E-state index in [2.05, 4.69) is 21.4 Å². The maximum atomic E-state index is 8.95. The van der Waals surface area contributed by atoms with Crippen molar-refractivity contribution >= 4 is 22.2 Å². The van der Waals surface area contributed by atoms with Gasteiger partial charge in [-0.2, -0.15) is 5.26 Å². The Hall–Kier alpha value is -2.71. The molecule has 4 nitrogen and oxygen atoms in total. The van der Waals surface area contributed by atoms with Crippen LogP contribution in [0, 0.1) is 25.2 Å². The standard InChI is InChI=1S/C17H14N4S/c1-11-5-3-8-15(19-11)16-12(2)22-17(21-16)20-14-7-4-6-13(9-14)10-18/h3-9H,1-2H3,(H,20,21). The van der Waals surface area contributed by atoms with Crippen LogP contribution in [-0.2, 0) is 0 Å². The summed E-state index contributed by atoms with van der Waals surface area (Å²) in [6.45, 7) is 4.01. The molecule has 0 aliphatic rings. The van der Waals surface area contributed by atoms with Crippen LogP contribution in [0.2, 0.25) is 0 Å². The normalized spacial score (nSPS) is 10.2. The molecule has 2 heterocycles. The molecule has 0 spiro atoms. The highest BCUT2D eigenvalue weighted by molar-refractivity contribution is 7.16. The first-order valence-corrected chi connectivity index (χ1v) is 7.66. The Kier molecular flexibility index (Phi) is 3.86. The fourth-order valence-corrected chi connectivity index (χ4v) is 3.00. The van der Waals surface area contributed by atoms with Gasteiger partial charge in [-0.1, -0.05) is 12.1 Å². The lowest BCUT2D eigenvalue weighted by Crippen LogP contribution is -1.91. The Balaban J connectivity index is 1.91. The number of aromatic nitrogens is 2. The molecule has 0 atom stereocenters. The van der Waals surface area contributed by atoms with E-state index in [-0.39, 0.29) is 0 Å². The SMILES string of the molecule is Cc1cccc(-c2nc(Nc3cccc(C#N)c3)sc2C)n1. The van der Waals surface area contributed by atoms with Gasteiger partial charge < -0.3 is 5.32 Å². The highest BCUT2D eigenvalue weighted by Crippen LogP contribution is 2.31. The van der Waals surface area contributed by atoms with Crippen molar-refractivity contribution in [3.63, 3.8) is 0 Å². The quantitative estimate of drug-likeness (QED) is 0.777. The summed E-state index contributed by atoms with van der Waals surface area (Å²) in [5.74, 6) is 0. The third-order valence-electron chi connectivity index (χ3n) is 3.17. The Labute approximate surface area is 133 Å². The van der Waals surface area contributed by atoms with Gasteiger partial charge in [-0.05, 0) is 44.2 Å². The molecule has 0 saturated carbocycles. The summed E-state index contributed by atoms with van der Waals surface area (Å²) >= 11 is 1.58. The predicted molar refractivity (Wildman–Crippen MR) is 89.3 cm³/mol. The molecule has 3 aromatic rings. The van der Waals surface area contributed by atoms with Crippen molar-refractivity contribution in [2.75, 3.05) is 5.32 Å². The molecule has 0 bridgehead atoms. The Morgan fingerprint density at radius 1 is 1.09 bits per heavy atom. The average Bonchev–Trinajstić information content (AvgIpc) is 2.88. The first-order chi connectivity index (χ1) is 10.7. The minimum Gasteiger partial charge on any atom is -0.331 e. The van der Waals surface area contributed by atoms with E-state index < -0.39 is 0 Å². The monoisotopic (exact) mass is 306 g/mol. The first kappa shape index (κ1) is 14.2. The maximum absolute atomic E-state index is 8.95. The average molecular weight is 306 g/mol. The molecule has 3 rings (SSSR count). The number of thiazole rings is 1. The van der Waals surface area contributed by atoms with Crippen LogP contribution in [0.1, 0.15) is 16.1 Å². The van der Waals surface area contributed by atoms with Gasteiger partial charge in [0.2, 0.25) is 0 Å². The molecule has 0 saturated heterocycles. The zero-order valence-electron chi connectivity index (χ0n) is 12.3. The van der Waals surface area contributed by atoms with Gasteiger partial charge in [-0.15, -0.1) is 11.3 Å². The molecule has 2 aromatic heterocycles. The molecule has 1 N–H and O–H groups in total. The number of pyridine rings is 1. The molecular formula is C17H14N4S. The van der Waals surface area contributed by atoms with Gasteiger partial charge in [0.15, 0.2) is 5.13 Å². The Bertz CT molecular complexity index is 861. The molecular weight excluding hydrogens is 292 g/mol. The van der Waals surface area contributed by atoms with Gasteiger partial charge in [-0.3, -0.25) is 4.98 Å². The van der Waals surface area contributed by atoms with Crippen LogP contribution in [0.15, 0.2) is 42.5 Å². The van der Waals surface area contributed by atoms with E-state index in [9.17, 15) is 0 Å². The number of nitriles is 1. The molecule has 0 fully saturated rings. The van der Waals surface area contributed by atoms with Crippen LogP contribution >= 0.6 is 11.3 Å². The van der Waals surface area contributed by atoms with Crippen molar-refractivity contribution in [3.8, 4) is 17.5 Å². The molecule has 0 aliphatic carbocycles. The van der Waals surface area contributed by atoms with Gasteiger partial charge in [0, 0.05) is 16.3 Å². The van der Waals surface area contributed by atoms with Gasteiger partial charge in [-0.25, -0.2) is 4.98 Å². The van der Waals surface area contributed by atoms with E-state index in [0.29, 0.717) is 5.56 Å². The van der Waals surface area contributed by atoms with Crippen LogP contribution in [-0.4, -0.2) is 9.97 Å². The molecule has 108 valence electrons. The van der Waals surface area contributed by atoms with Crippen LogP contribution in [0.25, 0.3) is 11.4 Å². The van der Waals surface area contributed by atoms with Crippen molar-refractivity contribution in [1.29, 1.82) is 5.26 Å². The molecule has 5 heteroatoms. The second-order valence-electron chi connectivity index (χ2n) is 4.91. The summed E-state index contributed by atoms with van der Waals surface area (Å²) in [5, 5.41) is 13.0. The number of aryl methyl sites for hydroxylation is 2. The number of hydrogen-bond acceptors (Lipinski definition) is 5. The van der Waals surface area contributed by atoms with E-state index in [1.807, 2.05) is 44.2 Å². The lowest BCUT2D eigenvalue weighted by atomic mass is 10.2. The number of nitrogens with one attached hydrogen (secondary N) is 1. The second-order valence-corrected chi connectivity index (χ2v) is 6.11. The van der Waals surface area contributed by atoms with E-state index >= 15 is 0 Å². The molecule has 0 aliphatic heterocycles. The fourth-order valence-electron chi connectivity index (χ4n) is 2.15. The Morgan fingerprint density at radius 2 is 1.91 bits per heavy atom. The van der Waals surface area contributed by atoms with Crippen molar-refractivity contribution < 1.29 is 0 Å². The number of benzene rings is 1. The van der Waals surface area contributed by atoms with Gasteiger partial charge in [0.1, 0.15) is 5.69 Å². The van der Waals surface area contributed by atoms with Crippen molar-refractivity contribution in [2.45, 2.75) is 13.8 Å². The number of rotatable bonds is 3. The molecule has 22 heavy (non-hydrogen) atoms. The summed E-state index contributed by atoms with van der Waals surface area (Å²) in [7, 11) is 0. The fraction of sp³-hybridized carbons (Fsp3) is 0.118. The predicted octanol–water partition coefficient (Wildman–Crippen LogP) is 4.44. The van der Waals surface area contributed by atoms with E-state index in [1.165, 1.54) is 0 Å². The highest BCUT2D eigenvalue weighted by Gasteiger charge is 2.11. The lowest BCUT2D eigenvalue weighted by molar-refractivity contribution is 1.18. The highest BCUT2D eigenvalue weighted by atomic mass is 32.1. The van der Waals surface area contributed by atoms with E-state index in [4.69, 9.17) is 5.26 Å². The maximum Gasteiger partial charge on any atom is 0.188 e. The smallest absolute Gasteiger partial charge is 0.188 e. The Morgan fingerprint density at radius 3 is 2.68 bits per heavy atom. The summed E-state index contributed by atoms with van der Waals surface area (Å²) in [6.07, 6.45) is 0. The first-order valence-electron chi connectivity index (χ1n) is 6.84. The zero-order chi connectivity index (χ0) is 15.5. The van der Waals surface area contributed by atoms with Crippen LogP contribution in [0.3, 0.4) is 0 Å². The third-order valence-corrected chi connectivity index (χ3v) is 4.06. The third kappa shape index (κ3) is 2.97. The van der Waals surface area contributed by atoms with Crippen LogP contribution in [0.5, 0.6) is 0 Å². The number of nitrogens with zero attached hydrogens (tertiary/aromatic N) is 3. The zero-order valence-corrected chi connectivity index (χ0v) is 13.1. The largest absolute Gasteiger partial charge is 0.331 e. The van der Waals surface area contributed by atoms with Crippen LogP contribution in [0.4, 0.5) is 10.8 Å². The van der Waals surface area contributed by atoms with E-state index in [1.54, 1.807) is 23.5 Å². The summed E-state index contributed by atoms with van der Waals surface area (Å²) in [4.78, 5) is 10.3. The van der Waals surface area contributed by atoms with Gasteiger partial charge >= 0.3 is 0 Å². The minimum atomic E-state index is 0.624. The topological polar surface area (TPSA) is 61.6 Å². The van der Waals surface area contributed by atoms with Crippen molar-refractivity contribution in [1.82, 2.24) is 9.97 Å². The molecule has 1 aromatic carbocycles. The number of anilines is 2. The van der Waals surface area contributed by atoms with Gasteiger partial charge in [0.25, 0.3) is 0 Å². The second kappa shape index (κ2) is 5.96. The molecule has 0 amide bonds. The van der Waals surface area contributed by atoms with Crippen molar-refractivity contribution in [3.05, 3.63) is 58.6 Å². The molecule has 0 unspecified atom stereocenters. The lowest BCUT2D eigenvalue weighted by Gasteiger charge is -2.02. The summed E-state index contributed by atoms with van der Waals surface area (Å²) < 4.78 is 0. The van der Waals surface area contributed by atoms with Gasteiger partial charge in [0.05, 0.1) is 17.3 Å².